The van der Waals surface area contributed by atoms with Crippen LogP contribution in [0.25, 0.3) is 16.5 Å². The number of hydrogen-bond acceptors (Lipinski definition) is 1. The van der Waals surface area contributed by atoms with Crippen LogP contribution in [0.3, 0.4) is 0 Å². The normalized spacial score (nSPS) is 16.8. The molecule has 1 aliphatic carbocycles. The van der Waals surface area contributed by atoms with E-state index in [0.717, 1.165) is 6.42 Å². The molecule has 110 valence electrons. The monoisotopic (exact) mass is 289 g/mol. The van der Waals surface area contributed by atoms with Gasteiger partial charge in [0.15, 0.2) is 0 Å². The third-order valence-corrected chi connectivity index (χ3v) is 4.63. The molecule has 1 N–H and O–H groups in total. The first-order valence-corrected chi connectivity index (χ1v) is 7.76. The van der Waals surface area contributed by atoms with Crippen LogP contribution in [0.15, 0.2) is 60.8 Å². The molecule has 3 aromatic rings. The van der Waals surface area contributed by atoms with Crippen LogP contribution in [0.4, 0.5) is 0 Å². The van der Waals surface area contributed by atoms with E-state index < -0.39 is 0 Å². The van der Waals surface area contributed by atoms with Crippen LogP contribution in [0, 0.1) is 0 Å². The van der Waals surface area contributed by atoms with E-state index in [1.807, 2.05) is 6.07 Å². The maximum Gasteiger partial charge on any atom is 0.0487 e. The number of aromatic nitrogens is 1. The number of rotatable bonds is 3. The SMILES string of the molecule is Cn1cc2c3c(cccc31)C(c1ccccc1)=CC2CCO. The zero-order valence-corrected chi connectivity index (χ0v) is 12.7. The van der Waals surface area contributed by atoms with Gasteiger partial charge < -0.3 is 9.67 Å². The number of aryl methyl sites for hydroxylation is 1. The second-order valence-electron chi connectivity index (χ2n) is 5.96. The molecule has 0 fully saturated rings. The molecule has 1 aromatic heterocycles. The fraction of sp³-hybridized carbons (Fsp3) is 0.200. The summed E-state index contributed by atoms with van der Waals surface area (Å²) in [5.74, 6) is 0.277. The van der Waals surface area contributed by atoms with E-state index >= 15 is 0 Å². The van der Waals surface area contributed by atoms with Crippen LogP contribution in [0.1, 0.15) is 29.0 Å². The van der Waals surface area contributed by atoms with Gasteiger partial charge in [-0.3, -0.25) is 0 Å². The predicted molar refractivity (Wildman–Crippen MR) is 90.9 cm³/mol. The fourth-order valence-corrected chi connectivity index (χ4v) is 3.61. The van der Waals surface area contributed by atoms with E-state index in [0.29, 0.717) is 0 Å². The summed E-state index contributed by atoms with van der Waals surface area (Å²) in [4.78, 5) is 0. The van der Waals surface area contributed by atoms with Gasteiger partial charge in [0, 0.05) is 36.7 Å². The first-order valence-electron chi connectivity index (χ1n) is 7.76. The van der Waals surface area contributed by atoms with E-state index in [1.165, 1.54) is 33.2 Å². The Hall–Kier alpha value is -2.32. The smallest absolute Gasteiger partial charge is 0.0487 e. The number of allylic oxidation sites excluding steroid dienone is 1. The molecule has 0 saturated carbocycles. The molecule has 0 spiro atoms. The number of aliphatic hydroxyl groups excluding tert-OH is 1. The predicted octanol–water partition coefficient (Wildman–Crippen LogP) is 4.09. The maximum atomic E-state index is 9.45. The highest BCUT2D eigenvalue weighted by Crippen LogP contribution is 2.42. The summed E-state index contributed by atoms with van der Waals surface area (Å²) in [6.07, 6.45) is 5.30. The Morgan fingerprint density at radius 1 is 1.05 bits per heavy atom. The van der Waals surface area contributed by atoms with Crippen LogP contribution < -0.4 is 0 Å². The van der Waals surface area contributed by atoms with E-state index in [1.54, 1.807) is 0 Å². The fourth-order valence-electron chi connectivity index (χ4n) is 3.61. The quantitative estimate of drug-likeness (QED) is 0.772. The van der Waals surface area contributed by atoms with Crippen molar-refractivity contribution in [3.05, 3.63) is 77.5 Å². The Balaban J connectivity index is 2.01. The van der Waals surface area contributed by atoms with Crippen LogP contribution in [0.5, 0.6) is 0 Å². The van der Waals surface area contributed by atoms with E-state index in [9.17, 15) is 5.11 Å². The molecule has 1 unspecified atom stereocenters. The molecule has 2 aromatic carbocycles. The van der Waals surface area contributed by atoms with Gasteiger partial charge in [-0.05, 0) is 34.8 Å². The largest absolute Gasteiger partial charge is 0.396 e. The average molecular weight is 289 g/mol. The lowest BCUT2D eigenvalue weighted by atomic mass is 9.81. The topological polar surface area (TPSA) is 25.2 Å². The van der Waals surface area contributed by atoms with Crippen molar-refractivity contribution in [2.24, 2.45) is 7.05 Å². The summed E-state index contributed by atoms with van der Waals surface area (Å²) in [5, 5.41) is 10.8. The van der Waals surface area contributed by atoms with Gasteiger partial charge in [-0.25, -0.2) is 0 Å². The lowest BCUT2D eigenvalue weighted by molar-refractivity contribution is 0.283. The molecule has 0 amide bonds. The number of hydrogen-bond donors (Lipinski definition) is 1. The first-order chi connectivity index (χ1) is 10.8. The molecule has 0 saturated heterocycles. The Kier molecular flexibility index (Phi) is 3.12. The van der Waals surface area contributed by atoms with Crippen molar-refractivity contribution in [2.45, 2.75) is 12.3 Å². The molecule has 22 heavy (non-hydrogen) atoms. The highest BCUT2D eigenvalue weighted by Gasteiger charge is 2.24. The molecule has 0 radical (unpaired) electrons. The first kappa shape index (κ1) is 13.4. The molecule has 0 aliphatic heterocycles. The van der Waals surface area contributed by atoms with Crippen molar-refractivity contribution in [2.75, 3.05) is 6.61 Å². The number of benzene rings is 2. The minimum atomic E-state index is 0.210. The minimum Gasteiger partial charge on any atom is -0.396 e. The number of aliphatic hydroxyl groups is 1. The van der Waals surface area contributed by atoms with Crippen LogP contribution in [0.2, 0.25) is 0 Å². The summed E-state index contributed by atoms with van der Waals surface area (Å²) in [6.45, 7) is 0.210. The Morgan fingerprint density at radius 3 is 2.64 bits per heavy atom. The standard InChI is InChI=1S/C20H19NO/c1-21-13-18-15(10-11-22)12-17(14-6-3-2-4-7-14)16-8-5-9-19(21)20(16)18/h2-9,12-13,15,22H,10-11H2,1H3. The lowest BCUT2D eigenvalue weighted by Gasteiger charge is -2.22. The Bertz CT molecular complexity index is 858. The zero-order chi connectivity index (χ0) is 15.1. The highest BCUT2D eigenvalue weighted by molar-refractivity contribution is 6.01. The Morgan fingerprint density at radius 2 is 1.86 bits per heavy atom. The Labute approximate surface area is 130 Å². The van der Waals surface area contributed by atoms with Gasteiger partial charge in [0.2, 0.25) is 0 Å². The zero-order valence-electron chi connectivity index (χ0n) is 12.7. The summed E-state index contributed by atoms with van der Waals surface area (Å²) < 4.78 is 2.19. The molecule has 2 heteroatoms. The maximum absolute atomic E-state index is 9.45. The van der Waals surface area contributed by atoms with Gasteiger partial charge in [-0.15, -0.1) is 0 Å². The van der Waals surface area contributed by atoms with Crippen molar-refractivity contribution in [3.8, 4) is 0 Å². The highest BCUT2D eigenvalue weighted by atomic mass is 16.3. The van der Waals surface area contributed by atoms with Crippen LogP contribution >= 0.6 is 0 Å². The van der Waals surface area contributed by atoms with Crippen LogP contribution in [-0.2, 0) is 7.05 Å². The summed E-state index contributed by atoms with van der Waals surface area (Å²) in [5.41, 5.74) is 6.42. The van der Waals surface area contributed by atoms with Crippen molar-refractivity contribution >= 4 is 16.5 Å². The lowest BCUT2D eigenvalue weighted by Crippen LogP contribution is -2.05. The van der Waals surface area contributed by atoms with Crippen LogP contribution in [-0.4, -0.2) is 16.3 Å². The van der Waals surface area contributed by atoms with E-state index in [-0.39, 0.29) is 12.5 Å². The van der Waals surface area contributed by atoms with Gasteiger partial charge in [0.05, 0.1) is 0 Å². The third-order valence-electron chi connectivity index (χ3n) is 4.63. The number of nitrogens with zero attached hydrogens (tertiary/aromatic N) is 1. The molecule has 1 aliphatic rings. The second-order valence-corrected chi connectivity index (χ2v) is 5.96. The van der Waals surface area contributed by atoms with Gasteiger partial charge in [0.1, 0.15) is 0 Å². The average Bonchev–Trinajstić information content (AvgIpc) is 2.90. The van der Waals surface area contributed by atoms with E-state index in [2.05, 4.69) is 66.4 Å². The van der Waals surface area contributed by atoms with Crippen molar-refractivity contribution in [1.29, 1.82) is 0 Å². The minimum absolute atomic E-state index is 0.210. The molecule has 2 nitrogen and oxygen atoms in total. The van der Waals surface area contributed by atoms with Crippen molar-refractivity contribution in [3.63, 3.8) is 0 Å². The summed E-state index contributed by atoms with van der Waals surface area (Å²) in [6, 6.07) is 17.0. The van der Waals surface area contributed by atoms with Gasteiger partial charge >= 0.3 is 0 Å². The second kappa shape index (κ2) is 5.15. The van der Waals surface area contributed by atoms with E-state index in [4.69, 9.17) is 0 Å². The molecule has 1 heterocycles. The molecule has 4 rings (SSSR count). The molecule has 1 atom stereocenters. The van der Waals surface area contributed by atoms with Gasteiger partial charge in [0.25, 0.3) is 0 Å². The van der Waals surface area contributed by atoms with Crippen molar-refractivity contribution in [1.82, 2.24) is 4.57 Å². The van der Waals surface area contributed by atoms with Gasteiger partial charge in [-0.1, -0.05) is 48.5 Å². The molecule has 0 bridgehead atoms. The third kappa shape index (κ3) is 1.92. The molecular weight excluding hydrogens is 270 g/mol. The van der Waals surface area contributed by atoms with Crippen molar-refractivity contribution < 1.29 is 5.11 Å². The molecular formula is C20H19NO. The summed E-state index contributed by atoms with van der Waals surface area (Å²) >= 11 is 0. The summed E-state index contributed by atoms with van der Waals surface area (Å²) in [7, 11) is 2.10. The van der Waals surface area contributed by atoms with Gasteiger partial charge in [-0.2, -0.15) is 0 Å².